The van der Waals surface area contributed by atoms with Gasteiger partial charge in [-0.15, -0.1) is 11.3 Å². The number of benzene rings is 1. The van der Waals surface area contributed by atoms with E-state index in [0.29, 0.717) is 4.34 Å². The highest BCUT2D eigenvalue weighted by molar-refractivity contribution is 8.01. The number of para-hydroxylation sites is 1. The molecule has 0 spiro atoms. The summed E-state index contributed by atoms with van der Waals surface area (Å²) in [6, 6.07) is 7.59. The van der Waals surface area contributed by atoms with Gasteiger partial charge in [0.1, 0.15) is 0 Å². The number of carbonyl (C=O) groups is 2. The molecule has 0 aliphatic carbocycles. The summed E-state index contributed by atoms with van der Waals surface area (Å²) >= 11 is 2.63. The maximum Gasteiger partial charge on any atom is 0.151 e. The standard InChI is InChI=1S/C18H23NO4S2/c1-10(2)18(11(3)4,16(22)23)14(9-15(20)21)25-17-19-12-7-5-6-8-13(12)24-17/h5-8,10-11,14H,9H2,1-4H3,(H,20,21)(H,22,23)/p-2. The van der Waals surface area contributed by atoms with Crippen molar-refractivity contribution in [2.45, 2.75) is 43.7 Å². The Morgan fingerprint density at radius 1 is 1.16 bits per heavy atom. The molecule has 5 nitrogen and oxygen atoms in total. The predicted octanol–water partition coefficient (Wildman–Crippen LogP) is 1.95. The van der Waals surface area contributed by atoms with Crippen molar-refractivity contribution in [3.8, 4) is 0 Å². The van der Waals surface area contributed by atoms with Gasteiger partial charge in [0, 0.05) is 29.0 Å². The van der Waals surface area contributed by atoms with Gasteiger partial charge in [0.2, 0.25) is 0 Å². The van der Waals surface area contributed by atoms with Crippen LogP contribution in [0.1, 0.15) is 34.1 Å². The summed E-state index contributed by atoms with van der Waals surface area (Å²) in [5.74, 6) is -3.10. The molecule has 2 rings (SSSR count). The Balaban J connectivity index is 2.49. The fraction of sp³-hybridized carbons (Fsp3) is 0.500. The zero-order valence-corrected chi connectivity index (χ0v) is 16.3. The van der Waals surface area contributed by atoms with Crippen LogP contribution in [0.5, 0.6) is 0 Å². The van der Waals surface area contributed by atoms with Crippen molar-refractivity contribution in [2.24, 2.45) is 17.3 Å². The number of nitrogens with zero attached hydrogens (tertiary/aromatic N) is 1. The lowest BCUT2D eigenvalue weighted by molar-refractivity contribution is -0.325. The van der Waals surface area contributed by atoms with E-state index in [-0.39, 0.29) is 18.3 Å². The van der Waals surface area contributed by atoms with Gasteiger partial charge in [-0.1, -0.05) is 51.6 Å². The van der Waals surface area contributed by atoms with Crippen molar-refractivity contribution in [2.75, 3.05) is 0 Å². The Morgan fingerprint density at radius 3 is 2.24 bits per heavy atom. The third kappa shape index (κ3) is 3.82. The Labute approximate surface area is 155 Å². The van der Waals surface area contributed by atoms with Crippen LogP contribution in [-0.2, 0) is 9.59 Å². The minimum atomic E-state index is -1.30. The normalized spacial score (nSPS) is 13.5. The van der Waals surface area contributed by atoms with E-state index in [4.69, 9.17) is 0 Å². The van der Waals surface area contributed by atoms with Crippen LogP contribution in [0, 0.1) is 17.3 Å². The number of carboxylic acid groups (broad SMARTS) is 2. The zero-order chi connectivity index (χ0) is 18.8. The van der Waals surface area contributed by atoms with Crippen LogP contribution in [0.3, 0.4) is 0 Å². The van der Waals surface area contributed by atoms with Crippen molar-refractivity contribution in [3.63, 3.8) is 0 Å². The second kappa shape index (κ2) is 7.74. The van der Waals surface area contributed by atoms with E-state index in [1.54, 1.807) is 27.7 Å². The number of aliphatic carboxylic acids is 2. The van der Waals surface area contributed by atoms with Crippen LogP contribution in [-0.4, -0.2) is 22.2 Å². The van der Waals surface area contributed by atoms with Gasteiger partial charge in [0.15, 0.2) is 4.34 Å². The lowest BCUT2D eigenvalue weighted by Gasteiger charge is -2.47. The molecule has 1 heterocycles. The molecule has 136 valence electrons. The molecule has 0 bridgehead atoms. The summed E-state index contributed by atoms with van der Waals surface area (Å²) in [7, 11) is 0. The monoisotopic (exact) mass is 379 g/mol. The third-order valence-electron chi connectivity index (χ3n) is 4.67. The summed E-state index contributed by atoms with van der Waals surface area (Å²) in [6.07, 6.45) is -0.370. The van der Waals surface area contributed by atoms with Crippen molar-refractivity contribution in [1.29, 1.82) is 0 Å². The molecule has 1 unspecified atom stereocenters. The van der Waals surface area contributed by atoms with E-state index in [2.05, 4.69) is 4.98 Å². The molecule has 0 saturated heterocycles. The maximum atomic E-state index is 12.1. The molecular formula is C18H21NO4S2-2. The van der Waals surface area contributed by atoms with E-state index in [1.807, 2.05) is 24.3 Å². The minimum absolute atomic E-state index is 0.302. The molecule has 0 radical (unpaired) electrons. The average molecular weight is 380 g/mol. The van der Waals surface area contributed by atoms with Gasteiger partial charge in [-0.25, -0.2) is 4.98 Å². The summed E-state index contributed by atoms with van der Waals surface area (Å²) in [6.45, 7) is 7.15. The topological polar surface area (TPSA) is 93.1 Å². The molecule has 1 aromatic heterocycles. The molecule has 1 atom stereocenters. The number of aromatic nitrogens is 1. The van der Waals surface area contributed by atoms with E-state index in [9.17, 15) is 19.8 Å². The molecule has 0 N–H and O–H groups in total. The zero-order valence-electron chi connectivity index (χ0n) is 14.6. The Kier molecular flexibility index (Phi) is 6.11. The summed E-state index contributed by atoms with van der Waals surface area (Å²) in [4.78, 5) is 28.0. The van der Waals surface area contributed by atoms with Gasteiger partial charge < -0.3 is 19.8 Å². The van der Waals surface area contributed by atoms with Gasteiger partial charge >= 0.3 is 0 Å². The molecule has 0 fully saturated rings. The van der Waals surface area contributed by atoms with Crippen LogP contribution in [0.2, 0.25) is 0 Å². The molecule has 0 aliphatic rings. The van der Waals surface area contributed by atoms with E-state index in [1.165, 1.54) is 23.1 Å². The number of hydrogen-bond acceptors (Lipinski definition) is 7. The second-order valence-electron chi connectivity index (χ2n) is 6.66. The van der Waals surface area contributed by atoms with Crippen molar-refractivity contribution >= 4 is 45.3 Å². The van der Waals surface area contributed by atoms with E-state index >= 15 is 0 Å². The summed E-state index contributed by atoms with van der Waals surface area (Å²) in [5.41, 5.74) is -0.488. The number of thioether (sulfide) groups is 1. The molecule has 1 aromatic carbocycles. The first-order chi connectivity index (χ1) is 11.7. The smallest absolute Gasteiger partial charge is 0.151 e. The first-order valence-electron chi connectivity index (χ1n) is 8.13. The van der Waals surface area contributed by atoms with Crippen molar-refractivity contribution in [1.82, 2.24) is 4.98 Å². The summed E-state index contributed by atoms with van der Waals surface area (Å²) < 4.78 is 1.63. The van der Waals surface area contributed by atoms with Crippen LogP contribution in [0.25, 0.3) is 10.2 Å². The summed E-state index contributed by atoms with van der Waals surface area (Å²) in [5, 5.41) is 22.7. The van der Waals surface area contributed by atoms with E-state index in [0.717, 1.165) is 10.2 Å². The lowest BCUT2D eigenvalue weighted by Crippen LogP contribution is -2.56. The number of thiazole rings is 1. The van der Waals surface area contributed by atoms with Crippen LogP contribution in [0.4, 0.5) is 0 Å². The lowest BCUT2D eigenvalue weighted by atomic mass is 9.65. The molecule has 7 heteroatoms. The Morgan fingerprint density at radius 2 is 1.76 bits per heavy atom. The van der Waals surface area contributed by atoms with Crippen LogP contribution >= 0.6 is 23.1 Å². The maximum absolute atomic E-state index is 12.1. The molecule has 25 heavy (non-hydrogen) atoms. The van der Waals surface area contributed by atoms with Crippen molar-refractivity contribution in [3.05, 3.63) is 24.3 Å². The second-order valence-corrected chi connectivity index (χ2v) is 9.14. The molecule has 0 aliphatic heterocycles. The molecular weight excluding hydrogens is 358 g/mol. The Bertz CT molecular complexity index is 728. The quantitative estimate of drug-likeness (QED) is 0.651. The van der Waals surface area contributed by atoms with Gasteiger partial charge in [-0.2, -0.15) is 0 Å². The van der Waals surface area contributed by atoms with Gasteiger partial charge in [0.25, 0.3) is 0 Å². The first-order valence-corrected chi connectivity index (χ1v) is 9.82. The van der Waals surface area contributed by atoms with E-state index < -0.39 is 22.6 Å². The SMILES string of the molecule is CC(C)C(C(=O)[O-])(C(C)C)C(CC(=O)[O-])Sc1nc2ccccc2s1. The highest BCUT2D eigenvalue weighted by atomic mass is 32.2. The number of hydrogen-bond donors (Lipinski definition) is 0. The van der Waals surface area contributed by atoms with Gasteiger partial charge in [-0.3, -0.25) is 0 Å². The number of fused-ring (bicyclic) bond motifs is 1. The Hall–Kier alpha value is -1.60. The molecule has 0 saturated carbocycles. The minimum Gasteiger partial charge on any atom is -0.550 e. The van der Waals surface area contributed by atoms with Crippen LogP contribution < -0.4 is 10.2 Å². The van der Waals surface area contributed by atoms with Crippen molar-refractivity contribution < 1.29 is 19.8 Å². The third-order valence-corrected chi connectivity index (χ3v) is 7.17. The predicted molar refractivity (Wildman–Crippen MR) is 96.0 cm³/mol. The van der Waals surface area contributed by atoms with Gasteiger partial charge in [-0.05, 0) is 24.0 Å². The molecule has 0 amide bonds. The highest BCUT2D eigenvalue weighted by Crippen LogP contribution is 2.48. The number of carbonyl (C=O) groups excluding carboxylic acids is 2. The highest BCUT2D eigenvalue weighted by Gasteiger charge is 2.46. The fourth-order valence-corrected chi connectivity index (χ4v) is 6.45. The molecule has 2 aromatic rings. The number of carboxylic acids is 2. The fourth-order valence-electron chi connectivity index (χ4n) is 3.50. The van der Waals surface area contributed by atoms with Crippen LogP contribution in [0.15, 0.2) is 28.6 Å². The first kappa shape index (κ1) is 19.7. The number of rotatable bonds is 8. The largest absolute Gasteiger partial charge is 0.550 e. The average Bonchev–Trinajstić information content (AvgIpc) is 2.87. The van der Waals surface area contributed by atoms with Gasteiger partial charge in [0.05, 0.1) is 10.2 Å².